The molecular weight excluding hydrogens is 383 g/mol. The van der Waals surface area contributed by atoms with E-state index in [9.17, 15) is 9.18 Å². The molecule has 2 aliphatic rings. The molecule has 2 aliphatic carbocycles. The molecular formula is C22H23FN6O. The van der Waals surface area contributed by atoms with Crippen molar-refractivity contribution in [1.29, 1.82) is 0 Å². The molecule has 0 bridgehead atoms. The van der Waals surface area contributed by atoms with Crippen LogP contribution in [-0.4, -0.2) is 31.6 Å². The average molecular weight is 406 g/mol. The number of hydrogen-bond acceptors (Lipinski definition) is 5. The molecule has 2 aromatic rings. The first kappa shape index (κ1) is 19.9. The van der Waals surface area contributed by atoms with E-state index in [0.717, 1.165) is 53.9 Å². The number of pyridine rings is 1. The van der Waals surface area contributed by atoms with Crippen LogP contribution < -0.4 is 5.32 Å². The molecule has 7 nitrogen and oxygen atoms in total. The maximum atomic E-state index is 12.9. The van der Waals surface area contributed by atoms with Crippen LogP contribution in [0, 0.1) is 0 Å². The maximum absolute atomic E-state index is 12.9. The van der Waals surface area contributed by atoms with Gasteiger partial charge >= 0.3 is 0 Å². The molecule has 0 aromatic carbocycles. The fourth-order valence-electron chi connectivity index (χ4n) is 3.30. The molecule has 4 rings (SSSR count). The second kappa shape index (κ2) is 8.52. The standard InChI is InChI=1S/C22H23FN6O/c1-14(12-25-15(2)23)16-8-9-24-20(11-16)22(30)27-18-5-3-4-17(10-18)21-28-26-13-29(21)19-6-7-19/h4,8-13,19H,3,5-7H2,1-2H3,(H,27,30)/b14-12+,25-15?. The summed E-state index contributed by atoms with van der Waals surface area (Å²) in [5.41, 5.74) is 3.58. The molecule has 0 unspecified atom stereocenters. The van der Waals surface area contributed by atoms with Crippen LogP contribution >= 0.6 is 0 Å². The van der Waals surface area contributed by atoms with Crippen LogP contribution in [0.2, 0.25) is 0 Å². The summed E-state index contributed by atoms with van der Waals surface area (Å²) in [5.74, 6) is 0.0338. The Labute approximate surface area is 174 Å². The van der Waals surface area contributed by atoms with Crippen molar-refractivity contribution in [1.82, 2.24) is 25.1 Å². The molecule has 8 heteroatoms. The van der Waals surface area contributed by atoms with Gasteiger partial charge in [-0.2, -0.15) is 4.39 Å². The Balaban J connectivity index is 1.50. The van der Waals surface area contributed by atoms with Crippen LogP contribution in [0.5, 0.6) is 0 Å². The van der Waals surface area contributed by atoms with E-state index < -0.39 is 5.97 Å². The first-order valence-corrected chi connectivity index (χ1v) is 9.96. The second-order valence-corrected chi connectivity index (χ2v) is 7.48. The molecule has 0 aliphatic heterocycles. The number of nitrogens with zero attached hydrogens (tertiary/aromatic N) is 5. The van der Waals surface area contributed by atoms with Crippen LogP contribution in [-0.2, 0) is 0 Å². The van der Waals surface area contributed by atoms with Gasteiger partial charge in [-0.1, -0.05) is 6.08 Å². The second-order valence-electron chi connectivity index (χ2n) is 7.48. The lowest BCUT2D eigenvalue weighted by Gasteiger charge is -2.15. The first-order valence-electron chi connectivity index (χ1n) is 9.96. The van der Waals surface area contributed by atoms with Gasteiger partial charge in [0.05, 0.1) is 0 Å². The van der Waals surface area contributed by atoms with Gasteiger partial charge in [-0.05, 0) is 62.0 Å². The largest absolute Gasteiger partial charge is 0.324 e. The number of aliphatic imine (C=N–C) groups is 1. The summed E-state index contributed by atoms with van der Waals surface area (Å²) in [7, 11) is 0. The summed E-state index contributed by atoms with van der Waals surface area (Å²) in [5, 5.41) is 11.3. The molecule has 0 spiro atoms. The molecule has 1 N–H and O–H groups in total. The molecule has 2 aromatic heterocycles. The van der Waals surface area contributed by atoms with Crippen molar-refractivity contribution in [3.05, 3.63) is 65.8 Å². The number of aromatic nitrogens is 4. The Morgan fingerprint density at radius 2 is 2.20 bits per heavy atom. The lowest BCUT2D eigenvalue weighted by molar-refractivity contribution is 0.0959. The monoisotopic (exact) mass is 406 g/mol. The normalized spacial score (nSPS) is 17.4. The Morgan fingerprint density at radius 3 is 2.97 bits per heavy atom. The van der Waals surface area contributed by atoms with Crippen molar-refractivity contribution in [2.75, 3.05) is 0 Å². The minimum absolute atomic E-state index is 0.286. The van der Waals surface area contributed by atoms with Crippen molar-refractivity contribution < 1.29 is 9.18 Å². The SMILES string of the molecule is CC(F)=N/C=C(\C)c1ccnc(C(=O)NC2=CC(c3nncn3C3CC3)=CCC2)c1. The first-order chi connectivity index (χ1) is 14.5. The summed E-state index contributed by atoms with van der Waals surface area (Å²) in [6, 6.07) is 3.92. The lowest BCUT2D eigenvalue weighted by Crippen LogP contribution is -2.24. The fourth-order valence-corrected chi connectivity index (χ4v) is 3.30. The fraction of sp³-hybridized carbons (Fsp3) is 0.318. The van der Waals surface area contributed by atoms with E-state index in [4.69, 9.17) is 0 Å². The number of halogens is 1. The highest BCUT2D eigenvalue weighted by molar-refractivity contribution is 5.94. The highest BCUT2D eigenvalue weighted by Gasteiger charge is 2.27. The van der Waals surface area contributed by atoms with Crippen molar-refractivity contribution in [3.8, 4) is 0 Å². The third-order valence-corrected chi connectivity index (χ3v) is 5.04. The predicted molar refractivity (Wildman–Crippen MR) is 113 cm³/mol. The number of hydrogen-bond donors (Lipinski definition) is 1. The molecule has 2 heterocycles. The highest BCUT2D eigenvalue weighted by Crippen LogP contribution is 2.37. The van der Waals surface area contributed by atoms with Crippen molar-refractivity contribution >= 4 is 23.0 Å². The third-order valence-electron chi connectivity index (χ3n) is 5.04. The molecule has 1 amide bonds. The van der Waals surface area contributed by atoms with Crippen molar-refractivity contribution in [2.45, 2.75) is 45.6 Å². The number of nitrogens with one attached hydrogen (secondary N) is 1. The Morgan fingerprint density at radius 1 is 1.37 bits per heavy atom. The van der Waals surface area contributed by atoms with E-state index >= 15 is 0 Å². The van der Waals surface area contributed by atoms with Crippen LogP contribution in [0.3, 0.4) is 0 Å². The number of rotatable bonds is 6. The quantitative estimate of drug-likeness (QED) is 0.727. The van der Waals surface area contributed by atoms with E-state index in [0.29, 0.717) is 11.7 Å². The molecule has 30 heavy (non-hydrogen) atoms. The summed E-state index contributed by atoms with van der Waals surface area (Å²) >= 11 is 0. The summed E-state index contributed by atoms with van der Waals surface area (Å²) in [6.45, 7) is 3.09. The Hall–Kier alpha value is -3.42. The van der Waals surface area contributed by atoms with Crippen molar-refractivity contribution in [3.63, 3.8) is 0 Å². The zero-order chi connectivity index (χ0) is 21.1. The smallest absolute Gasteiger partial charge is 0.274 e. The average Bonchev–Trinajstić information content (AvgIpc) is 3.48. The van der Waals surface area contributed by atoms with Gasteiger partial charge < -0.3 is 9.88 Å². The lowest BCUT2D eigenvalue weighted by atomic mass is 10.0. The predicted octanol–water partition coefficient (Wildman–Crippen LogP) is 4.25. The number of carbonyl (C=O) groups excluding carboxylic acids is 1. The van der Waals surface area contributed by atoms with Gasteiger partial charge in [0.2, 0.25) is 0 Å². The van der Waals surface area contributed by atoms with Gasteiger partial charge in [0.25, 0.3) is 5.91 Å². The number of carbonyl (C=O) groups is 1. The number of allylic oxidation sites excluding steroid dienone is 5. The van der Waals surface area contributed by atoms with E-state index in [2.05, 4.69) is 36.1 Å². The van der Waals surface area contributed by atoms with Crippen LogP contribution in [0.4, 0.5) is 4.39 Å². The Kier molecular flexibility index (Phi) is 5.65. The number of amides is 1. The van der Waals surface area contributed by atoms with Crippen LogP contribution in [0.15, 0.2) is 53.7 Å². The molecule has 154 valence electrons. The highest BCUT2D eigenvalue weighted by atomic mass is 19.1. The molecule has 1 saturated carbocycles. The van der Waals surface area contributed by atoms with Gasteiger partial charge in [-0.3, -0.25) is 9.78 Å². The van der Waals surface area contributed by atoms with Gasteiger partial charge in [0, 0.05) is 36.6 Å². The van der Waals surface area contributed by atoms with E-state index in [1.54, 1.807) is 31.6 Å². The zero-order valence-corrected chi connectivity index (χ0v) is 17.0. The van der Waals surface area contributed by atoms with Crippen molar-refractivity contribution in [2.24, 2.45) is 4.99 Å². The van der Waals surface area contributed by atoms with Gasteiger partial charge in [0.15, 0.2) is 11.8 Å². The summed E-state index contributed by atoms with van der Waals surface area (Å²) in [4.78, 5) is 20.6. The zero-order valence-electron chi connectivity index (χ0n) is 17.0. The van der Waals surface area contributed by atoms with E-state index in [1.165, 1.54) is 13.1 Å². The molecule has 0 saturated heterocycles. The van der Waals surface area contributed by atoms with Crippen LogP contribution in [0.1, 0.15) is 67.4 Å². The van der Waals surface area contributed by atoms with E-state index in [-0.39, 0.29) is 5.91 Å². The van der Waals surface area contributed by atoms with Gasteiger partial charge in [-0.15, -0.1) is 10.2 Å². The molecule has 0 radical (unpaired) electrons. The minimum Gasteiger partial charge on any atom is -0.324 e. The third kappa shape index (κ3) is 4.59. The molecule has 1 fully saturated rings. The Bertz CT molecular complexity index is 1090. The minimum atomic E-state index is -0.521. The summed E-state index contributed by atoms with van der Waals surface area (Å²) in [6.07, 6.45) is 12.7. The van der Waals surface area contributed by atoms with Crippen LogP contribution in [0.25, 0.3) is 11.1 Å². The molecule has 0 atom stereocenters. The van der Waals surface area contributed by atoms with E-state index in [1.807, 2.05) is 6.08 Å². The topological polar surface area (TPSA) is 85.1 Å². The summed E-state index contributed by atoms with van der Waals surface area (Å²) < 4.78 is 15.0. The van der Waals surface area contributed by atoms with Gasteiger partial charge in [-0.25, -0.2) is 4.99 Å². The van der Waals surface area contributed by atoms with Gasteiger partial charge in [0.1, 0.15) is 12.0 Å². The maximum Gasteiger partial charge on any atom is 0.274 e.